The van der Waals surface area contributed by atoms with Crippen molar-refractivity contribution >= 4 is 22.7 Å². The van der Waals surface area contributed by atoms with E-state index in [9.17, 15) is 22.4 Å². The Labute approximate surface area is 157 Å². The summed E-state index contributed by atoms with van der Waals surface area (Å²) in [6, 6.07) is 8.36. The molecule has 0 fully saturated rings. The van der Waals surface area contributed by atoms with Gasteiger partial charge in [-0.3, -0.25) is 9.78 Å². The number of hydrogen-bond acceptors (Lipinski definition) is 3. The van der Waals surface area contributed by atoms with Crippen molar-refractivity contribution in [2.45, 2.75) is 37.1 Å². The van der Waals surface area contributed by atoms with Gasteiger partial charge in [-0.05, 0) is 48.2 Å². The third kappa shape index (κ3) is 4.05. The fraction of sp³-hybridized carbons (Fsp3) is 0.316. The standard InChI is InChI=1S/C19H16F4N2OS/c1-11(12-3-5-14(20)6-4-12)9-16-25-17(26)18(2,27-16)13-7-8-24-15(10-13)19(21,22)23/h3-8,10-11H,9H2,1-2H3/t11-,18?/m1/s1. The molecule has 0 aliphatic carbocycles. The fourth-order valence-electron chi connectivity index (χ4n) is 2.85. The Bertz CT molecular complexity index is 895. The predicted octanol–water partition coefficient (Wildman–Crippen LogP) is 5.32. The molecule has 0 radical (unpaired) electrons. The predicted molar refractivity (Wildman–Crippen MR) is 96.1 cm³/mol. The number of aromatic nitrogens is 1. The Hall–Kier alpha value is -2.22. The SMILES string of the molecule is C[C@H](CC1=NC(=O)C(C)(c2ccnc(C(F)(F)F)c2)S1)c1ccc(F)cc1. The highest BCUT2D eigenvalue weighted by Gasteiger charge is 2.44. The molecule has 1 unspecified atom stereocenters. The second-order valence-corrected chi connectivity index (χ2v) is 8.02. The lowest BCUT2D eigenvalue weighted by atomic mass is 9.98. The summed E-state index contributed by atoms with van der Waals surface area (Å²) in [5, 5.41) is 0.546. The lowest BCUT2D eigenvalue weighted by Gasteiger charge is -2.22. The third-order valence-electron chi connectivity index (χ3n) is 4.48. The van der Waals surface area contributed by atoms with Crippen LogP contribution in [0, 0.1) is 5.82 Å². The number of thioether (sulfide) groups is 1. The summed E-state index contributed by atoms with van der Waals surface area (Å²) in [6.45, 7) is 3.49. The van der Waals surface area contributed by atoms with Crippen molar-refractivity contribution in [1.29, 1.82) is 0 Å². The van der Waals surface area contributed by atoms with Crippen LogP contribution in [0.15, 0.2) is 47.6 Å². The van der Waals surface area contributed by atoms with E-state index in [1.165, 1.54) is 18.2 Å². The Morgan fingerprint density at radius 3 is 2.48 bits per heavy atom. The van der Waals surface area contributed by atoms with Crippen molar-refractivity contribution in [1.82, 2.24) is 4.98 Å². The van der Waals surface area contributed by atoms with Gasteiger partial charge in [0.2, 0.25) is 0 Å². The first kappa shape index (κ1) is 19.5. The molecule has 2 atom stereocenters. The monoisotopic (exact) mass is 396 g/mol. The van der Waals surface area contributed by atoms with Crippen LogP contribution in [0.4, 0.5) is 17.6 Å². The van der Waals surface area contributed by atoms with Crippen molar-refractivity contribution in [3.05, 3.63) is 65.2 Å². The van der Waals surface area contributed by atoms with Crippen LogP contribution in [-0.4, -0.2) is 15.9 Å². The van der Waals surface area contributed by atoms with Crippen molar-refractivity contribution in [2.24, 2.45) is 4.99 Å². The summed E-state index contributed by atoms with van der Waals surface area (Å²) in [6.07, 6.45) is -3.09. The molecule has 0 saturated carbocycles. The van der Waals surface area contributed by atoms with Crippen molar-refractivity contribution in [3.63, 3.8) is 0 Å². The van der Waals surface area contributed by atoms with E-state index in [0.29, 0.717) is 11.5 Å². The molecule has 0 spiro atoms. The van der Waals surface area contributed by atoms with Crippen LogP contribution >= 0.6 is 11.8 Å². The molecular formula is C19H16F4N2OS. The molecule has 1 amide bonds. The molecule has 0 saturated heterocycles. The average molecular weight is 396 g/mol. The van der Waals surface area contributed by atoms with Gasteiger partial charge in [-0.15, -0.1) is 0 Å². The van der Waals surface area contributed by atoms with E-state index in [4.69, 9.17) is 0 Å². The number of carbonyl (C=O) groups excluding carboxylic acids is 1. The van der Waals surface area contributed by atoms with Crippen LogP contribution in [0.5, 0.6) is 0 Å². The summed E-state index contributed by atoms with van der Waals surface area (Å²) in [5.41, 5.74) is 0.0692. The molecule has 3 rings (SSSR count). The average Bonchev–Trinajstić information content (AvgIpc) is 2.89. The number of hydrogen-bond donors (Lipinski definition) is 0. The molecule has 2 aromatic rings. The summed E-state index contributed by atoms with van der Waals surface area (Å²) in [5.74, 6) is -0.845. The van der Waals surface area contributed by atoms with E-state index in [1.807, 2.05) is 6.92 Å². The smallest absolute Gasteiger partial charge is 0.271 e. The van der Waals surface area contributed by atoms with Gasteiger partial charge in [0.15, 0.2) is 0 Å². The molecule has 0 N–H and O–H groups in total. The molecule has 8 heteroatoms. The van der Waals surface area contributed by atoms with Gasteiger partial charge in [-0.2, -0.15) is 13.2 Å². The van der Waals surface area contributed by atoms with Crippen LogP contribution in [0.25, 0.3) is 0 Å². The van der Waals surface area contributed by atoms with Crippen molar-refractivity contribution < 1.29 is 22.4 Å². The Morgan fingerprint density at radius 2 is 1.85 bits per heavy atom. The highest BCUT2D eigenvalue weighted by atomic mass is 32.2. The maximum absolute atomic E-state index is 13.1. The van der Waals surface area contributed by atoms with E-state index in [-0.39, 0.29) is 17.3 Å². The second-order valence-electron chi connectivity index (χ2n) is 6.53. The lowest BCUT2D eigenvalue weighted by molar-refractivity contribution is -0.141. The van der Waals surface area contributed by atoms with Gasteiger partial charge in [0.25, 0.3) is 5.91 Å². The van der Waals surface area contributed by atoms with E-state index in [1.54, 1.807) is 19.1 Å². The zero-order valence-corrected chi connectivity index (χ0v) is 15.4. The summed E-state index contributed by atoms with van der Waals surface area (Å²) < 4.78 is 50.6. The molecule has 1 aromatic heterocycles. The fourth-order valence-corrected chi connectivity index (χ4v) is 4.16. The first-order valence-electron chi connectivity index (χ1n) is 8.20. The van der Waals surface area contributed by atoms with Crippen molar-refractivity contribution in [2.75, 3.05) is 0 Å². The van der Waals surface area contributed by atoms with Gasteiger partial charge in [0.05, 0.1) is 5.04 Å². The topological polar surface area (TPSA) is 42.3 Å². The highest BCUT2D eigenvalue weighted by Crippen LogP contribution is 2.45. The molecule has 0 bridgehead atoms. The summed E-state index contributed by atoms with van der Waals surface area (Å²) in [4.78, 5) is 19.9. The van der Waals surface area contributed by atoms with Crippen molar-refractivity contribution in [3.8, 4) is 0 Å². The van der Waals surface area contributed by atoms with E-state index >= 15 is 0 Å². The number of alkyl halides is 3. The van der Waals surface area contributed by atoms with Gasteiger partial charge in [-0.1, -0.05) is 30.8 Å². The molecule has 27 heavy (non-hydrogen) atoms. The number of aliphatic imine (C=N–C) groups is 1. The zero-order chi connectivity index (χ0) is 19.8. The number of pyridine rings is 1. The van der Waals surface area contributed by atoms with Crippen LogP contribution in [0.1, 0.15) is 43.0 Å². The summed E-state index contributed by atoms with van der Waals surface area (Å²) in [7, 11) is 0. The molecule has 3 nitrogen and oxygen atoms in total. The molecule has 142 valence electrons. The first-order chi connectivity index (χ1) is 12.6. The normalized spacial score (nSPS) is 21.3. The second kappa shape index (κ2) is 7.07. The minimum atomic E-state index is -4.58. The number of halogens is 4. The molecule has 1 aromatic carbocycles. The van der Waals surface area contributed by atoms with Gasteiger partial charge < -0.3 is 0 Å². The van der Waals surface area contributed by atoms with Gasteiger partial charge in [0.1, 0.15) is 16.3 Å². The Morgan fingerprint density at radius 1 is 1.19 bits per heavy atom. The molecular weight excluding hydrogens is 380 g/mol. The van der Waals surface area contributed by atoms with Gasteiger partial charge >= 0.3 is 6.18 Å². The van der Waals surface area contributed by atoms with Gasteiger partial charge in [0, 0.05) is 12.6 Å². The van der Waals surface area contributed by atoms with Crippen LogP contribution in [0.3, 0.4) is 0 Å². The Kier molecular flexibility index (Phi) is 5.12. The third-order valence-corrected chi connectivity index (χ3v) is 5.79. The molecule has 1 aliphatic heterocycles. The summed E-state index contributed by atoms with van der Waals surface area (Å²) >= 11 is 1.15. The zero-order valence-electron chi connectivity index (χ0n) is 14.5. The lowest BCUT2D eigenvalue weighted by Crippen LogP contribution is -2.25. The van der Waals surface area contributed by atoms with Crippen LogP contribution < -0.4 is 0 Å². The minimum absolute atomic E-state index is 0.0184. The number of benzene rings is 1. The number of rotatable bonds is 4. The van der Waals surface area contributed by atoms with Crippen LogP contribution in [0.2, 0.25) is 0 Å². The number of carbonyl (C=O) groups is 1. The molecule has 2 heterocycles. The largest absolute Gasteiger partial charge is 0.433 e. The Balaban J connectivity index is 1.79. The van der Waals surface area contributed by atoms with Gasteiger partial charge in [-0.25, -0.2) is 9.38 Å². The van der Waals surface area contributed by atoms with E-state index in [0.717, 1.165) is 29.6 Å². The maximum Gasteiger partial charge on any atom is 0.433 e. The van der Waals surface area contributed by atoms with Crippen LogP contribution in [-0.2, 0) is 15.7 Å². The maximum atomic E-state index is 13.1. The highest BCUT2D eigenvalue weighted by molar-refractivity contribution is 8.15. The number of nitrogens with zero attached hydrogens (tertiary/aromatic N) is 2. The quantitative estimate of drug-likeness (QED) is 0.657. The van der Waals surface area contributed by atoms with E-state index in [2.05, 4.69) is 9.98 Å². The molecule has 1 aliphatic rings. The number of amides is 1. The minimum Gasteiger partial charge on any atom is -0.271 e. The van der Waals surface area contributed by atoms with E-state index < -0.39 is 22.5 Å². The first-order valence-corrected chi connectivity index (χ1v) is 9.01.